The second-order valence-corrected chi connectivity index (χ2v) is 4.39. The van der Waals surface area contributed by atoms with Crippen molar-refractivity contribution in [3.63, 3.8) is 0 Å². The molecule has 0 amide bonds. The molecule has 0 aliphatic rings. The first-order chi connectivity index (χ1) is 9.27. The smallest absolute Gasteiger partial charge is 0.415 e. The minimum absolute atomic E-state index is 0.0328. The Morgan fingerprint density at radius 3 is 2.50 bits per heavy atom. The lowest BCUT2D eigenvalue weighted by Gasteiger charge is -2.25. The number of aromatic hydroxyl groups is 1. The lowest BCUT2D eigenvalue weighted by atomic mass is 10.1. The predicted molar refractivity (Wildman–Crippen MR) is 67.7 cm³/mol. The Balaban J connectivity index is 2.74. The van der Waals surface area contributed by atoms with Gasteiger partial charge in [-0.1, -0.05) is 13.0 Å². The lowest BCUT2D eigenvalue weighted by Crippen LogP contribution is -2.40. The maximum atomic E-state index is 12.3. The van der Waals surface area contributed by atoms with Crippen molar-refractivity contribution in [1.82, 2.24) is 4.90 Å². The molecule has 20 heavy (non-hydrogen) atoms. The fourth-order valence-electron chi connectivity index (χ4n) is 1.73. The number of aliphatic hydroxyl groups excluding tert-OH is 1. The van der Waals surface area contributed by atoms with Gasteiger partial charge in [0, 0.05) is 13.1 Å². The van der Waals surface area contributed by atoms with Gasteiger partial charge in [-0.25, -0.2) is 0 Å². The summed E-state index contributed by atoms with van der Waals surface area (Å²) in [6, 6.07) is 4.57. The summed E-state index contributed by atoms with van der Waals surface area (Å²) >= 11 is 0. The third-order valence-electron chi connectivity index (χ3n) is 2.91. The molecular formula is C13H18F3NO3. The van der Waals surface area contributed by atoms with Gasteiger partial charge in [0.2, 0.25) is 0 Å². The van der Waals surface area contributed by atoms with Crippen LogP contribution in [0, 0.1) is 0 Å². The van der Waals surface area contributed by atoms with Gasteiger partial charge in [0.1, 0.15) is 0 Å². The second kappa shape index (κ2) is 6.81. The quantitative estimate of drug-likeness (QED) is 0.844. The highest BCUT2D eigenvalue weighted by atomic mass is 19.4. The summed E-state index contributed by atoms with van der Waals surface area (Å²) in [6.45, 7) is 1.79. The average molecular weight is 293 g/mol. The average Bonchev–Trinajstić information content (AvgIpc) is 2.38. The molecule has 0 unspecified atom stereocenters. The number of benzene rings is 1. The number of likely N-dealkylation sites (N-methyl/N-ethyl adjacent to an activating group) is 1. The Labute approximate surface area is 115 Å². The van der Waals surface area contributed by atoms with Crippen LogP contribution in [-0.2, 0) is 6.54 Å². The maximum absolute atomic E-state index is 12.3. The molecule has 0 heterocycles. The van der Waals surface area contributed by atoms with Gasteiger partial charge in [-0.15, -0.1) is 0 Å². The molecule has 114 valence electrons. The third kappa shape index (κ3) is 4.57. The first-order valence-corrected chi connectivity index (χ1v) is 6.11. The summed E-state index contributed by atoms with van der Waals surface area (Å²) in [5, 5.41) is 18.5. The van der Waals surface area contributed by atoms with Crippen LogP contribution < -0.4 is 4.74 Å². The normalized spacial score (nSPS) is 13.6. The molecule has 0 saturated heterocycles. The molecule has 0 saturated carbocycles. The number of phenolic OH excluding ortho intramolecular Hbond substituents is 1. The number of phenols is 1. The molecule has 0 bridgehead atoms. The van der Waals surface area contributed by atoms with Gasteiger partial charge in [0.25, 0.3) is 0 Å². The van der Waals surface area contributed by atoms with Crippen LogP contribution >= 0.6 is 0 Å². The molecule has 0 radical (unpaired) electrons. The molecule has 1 rings (SSSR count). The van der Waals surface area contributed by atoms with Gasteiger partial charge in [0.15, 0.2) is 17.6 Å². The minimum Gasteiger partial charge on any atom is -0.504 e. The van der Waals surface area contributed by atoms with E-state index < -0.39 is 18.8 Å². The van der Waals surface area contributed by atoms with E-state index in [9.17, 15) is 18.3 Å². The minimum atomic E-state index is -4.62. The molecule has 2 N–H and O–H groups in total. The van der Waals surface area contributed by atoms with Crippen molar-refractivity contribution in [1.29, 1.82) is 0 Å². The van der Waals surface area contributed by atoms with Crippen LogP contribution in [0.5, 0.6) is 11.5 Å². The van der Waals surface area contributed by atoms with Crippen molar-refractivity contribution < 1.29 is 28.1 Å². The number of alkyl halides is 3. The number of hydrogen-bond acceptors (Lipinski definition) is 4. The summed E-state index contributed by atoms with van der Waals surface area (Å²) in [5.41, 5.74) is 0.691. The fourth-order valence-corrected chi connectivity index (χ4v) is 1.73. The van der Waals surface area contributed by atoms with Crippen molar-refractivity contribution in [2.75, 3.05) is 20.2 Å². The van der Waals surface area contributed by atoms with Crippen LogP contribution in [0.15, 0.2) is 18.2 Å². The van der Waals surface area contributed by atoms with Crippen LogP contribution in [0.3, 0.4) is 0 Å². The first kappa shape index (κ1) is 16.6. The highest BCUT2D eigenvalue weighted by Gasteiger charge is 2.38. The molecule has 1 atom stereocenters. The Morgan fingerprint density at radius 1 is 1.35 bits per heavy atom. The molecule has 0 aliphatic heterocycles. The predicted octanol–water partition coefficient (Wildman–Crippen LogP) is 2.15. The number of ether oxygens (including phenoxy) is 1. The number of nitrogens with zero attached hydrogens (tertiary/aromatic N) is 1. The highest BCUT2D eigenvalue weighted by molar-refractivity contribution is 5.41. The molecule has 1 aromatic rings. The molecule has 0 aromatic heterocycles. The molecule has 0 spiro atoms. The number of aliphatic hydroxyl groups is 1. The van der Waals surface area contributed by atoms with Crippen LogP contribution in [0.4, 0.5) is 13.2 Å². The summed E-state index contributed by atoms with van der Waals surface area (Å²) in [4.78, 5) is 1.46. The Hall–Kier alpha value is -1.47. The van der Waals surface area contributed by atoms with E-state index in [1.54, 1.807) is 19.1 Å². The van der Waals surface area contributed by atoms with Crippen molar-refractivity contribution in [2.45, 2.75) is 25.7 Å². The Kier molecular flexibility index (Phi) is 5.64. The summed E-state index contributed by atoms with van der Waals surface area (Å²) in [5.74, 6) is 0.226. The van der Waals surface area contributed by atoms with Gasteiger partial charge in [0.05, 0.1) is 7.11 Å². The summed E-state index contributed by atoms with van der Waals surface area (Å²) in [7, 11) is 1.39. The SMILES string of the molecule is CCN(Cc1ccc(O)c(OC)c1)C[C@H](O)C(F)(F)F. The summed E-state index contributed by atoms with van der Waals surface area (Å²) in [6.07, 6.45) is -7.00. The first-order valence-electron chi connectivity index (χ1n) is 6.11. The number of hydrogen-bond donors (Lipinski definition) is 2. The Bertz CT molecular complexity index is 437. The molecule has 0 fully saturated rings. The van der Waals surface area contributed by atoms with Crippen molar-refractivity contribution in [3.8, 4) is 11.5 Å². The van der Waals surface area contributed by atoms with E-state index in [1.807, 2.05) is 0 Å². The topological polar surface area (TPSA) is 52.9 Å². The van der Waals surface area contributed by atoms with Crippen LogP contribution in [-0.4, -0.2) is 47.6 Å². The van der Waals surface area contributed by atoms with E-state index in [1.165, 1.54) is 18.1 Å². The van der Waals surface area contributed by atoms with Crippen molar-refractivity contribution in [2.24, 2.45) is 0 Å². The molecular weight excluding hydrogens is 275 g/mol. The Morgan fingerprint density at radius 2 is 2.00 bits per heavy atom. The summed E-state index contributed by atoms with van der Waals surface area (Å²) < 4.78 is 41.9. The zero-order chi connectivity index (χ0) is 15.3. The van der Waals surface area contributed by atoms with Crippen molar-refractivity contribution >= 4 is 0 Å². The van der Waals surface area contributed by atoms with Gasteiger partial charge in [-0.3, -0.25) is 4.90 Å². The van der Waals surface area contributed by atoms with E-state index >= 15 is 0 Å². The van der Waals surface area contributed by atoms with E-state index in [0.29, 0.717) is 12.1 Å². The standard InChI is InChI=1S/C13H18F3NO3/c1-3-17(8-12(19)13(14,15)16)7-9-4-5-10(18)11(6-9)20-2/h4-6,12,18-19H,3,7-8H2,1-2H3/t12-/m0/s1. The molecule has 1 aromatic carbocycles. The van der Waals surface area contributed by atoms with Crippen molar-refractivity contribution in [3.05, 3.63) is 23.8 Å². The van der Waals surface area contributed by atoms with Crippen LogP contribution in [0.2, 0.25) is 0 Å². The van der Waals surface area contributed by atoms with E-state index in [4.69, 9.17) is 9.84 Å². The monoisotopic (exact) mass is 293 g/mol. The van der Waals surface area contributed by atoms with Crippen LogP contribution in [0.1, 0.15) is 12.5 Å². The van der Waals surface area contributed by atoms with E-state index in [2.05, 4.69) is 0 Å². The highest BCUT2D eigenvalue weighted by Crippen LogP contribution is 2.27. The number of methoxy groups -OCH3 is 1. The fraction of sp³-hybridized carbons (Fsp3) is 0.538. The van der Waals surface area contributed by atoms with Gasteiger partial charge >= 0.3 is 6.18 Å². The molecule has 7 heteroatoms. The molecule has 4 nitrogen and oxygen atoms in total. The molecule has 0 aliphatic carbocycles. The second-order valence-electron chi connectivity index (χ2n) is 4.39. The van der Waals surface area contributed by atoms with Gasteiger partial charge in [-0.05, 0) is 24.2 Å². The van der Waals surface area contributed by atoms with E-state index in [0.717, 1.165) is 0 Å². The zero-order valence-electron chi connectivity index (χ0n) is 11.3. The zero-order valence-corrected chi connectivity index (χ0v) is 11.3. The van der Waals surface area contributed by atoms with Gasteiger partial charge < -0.3 is 14.9 Å². The number of halogens is 3. The van der Waals surface area contributed by atoms with E-state index in [-0.39, 0.29) is 18.0 Å². The maximum Gasteiger partial charge on any atom is 0.415 e. The van der Waals surface area contributed by atoms with Crippen LogP contribution in [0.25, 0.3) is 0 Å². The lowest BCUT2D eigenvalue weighted by molar-refractivity contribution is -0.208. The van der Waals surface area contributed by atoms with Gasteiger partial charge in [-0.2, -0.15) is 13.2 Å². The third-order valence-corrected chi connectivity index (χ3v) is 2.91. The largest absolute Gasteiger partial charge is 0.504 e. The number of rotatable bonds is 6.